The lowest BCUT2D eigenvalue weighted by Crippen LogP contribution is -2.37. The number of nitrogens with one attached hydrogen (secondary N) is 1. The standard InChI is InChI=1S/C15H22Cl2N2/c1-2-3-6-19(15-4-5-18-10-15)11-12-7-13(16)9-14(17)8-12/h7-9,15,18H,2-6,10-11H2,1H3/t15-/m0/s1. The highest BCUT2D eigenvalue weighted by molar-refractivity contribution is 6.34. The zero-order valence-corrected chi connectivity index (χ0v) is 13.0. The van der Waals surface area contributed by atoms with E-state index in [0.717, 1.165) is 36.2 Å². The van der Waals surface area contributed by atoms with Crippen molar-refractivity contribution in [2.45, 2.75) is 38.8 Å². The molecule has 106 valence electrons. The molecule has 0 bridgehead atoms. The first-order chi connectivity index (χ1) is 9.19. The predicted octanol–water partition coefficient (Wildman–Crippen LogP) is 3.96. The van der Waals surface area contributed by atoms with Crippen LogP contribution in [0.1, 0.15) is 31.7 Å². The number of halogens is 2. The van der Waals surface area contributed by atoms with Gasteiger partial charge in [0.25, 0.3) is 0 Å². The van der Waals surface area contributed by atoms with Crippen molar-refractivity contribution in [2.24, 2.45) is 0 Å². The van der Waals surface area contributed by atoms with Crippen LogP contribution in [0.15, 0.2) is 18.2 Å². The predicted molar refractivity (Wildman–Crippen MR) is 83.1 cm³/mol. The van der Waals surface area contributed by atoms with E-state index in [-0.39, 0.29) is 0 Å². The van der Waals surface area contributed by atoms with Crippen molar-refractivity contribution < 1.29 is 0 Å². The molecule has 1 heterocycles. The smallest absolute Gasteiger partial charge is 0.0424 e. The SMILES string of the molecule is CCCCN(Cc1cc(Cl)cc(Cl)c1)[C@H]1CCNC1. The average molecular weight is 301 g/mol. The number of benzene rings is 1. The van der Waals surface area contributed by atoms with Crippen LogP contribution in [0.4, 0.5) is 0 Å². The highest BCUT2D eigenvalue weighted by atomic mass is 35.5. The Hall–Kier alpha value is -0.280. The summed E-state index contributed by atoms with van der Waals surface area (Å²) in [6.45, 7) is 6.54. The molecule has 1 aliphatic rings. The van der Waals surface area contributed by atoms with E-state index in [1.54, 1.807) is 6.07 Å². The third-order valence-electron chi connectivity index (χ3n) is 3.66. The summed E-state index contributed by atoms with van der Waals surface area (Å²) in [5.74, 6) is 0. The zero-order chi connectivity index (χ0) is 13.7. The van der Waals surface area contributed by atoms with Gasteiger partial charge in [-0.3, -0.25) is 4.90 Å². The van der Waals surface area contributed by atoms with Crippen molar-refractivity contribution >= 4 is 23.2 Å². The molecule has 1 aromatic carbocycles. The normalized spacial score (nSPS) is 19.3. The van der Waals surface area contributed by atoms with E-state index in [1.165, 1.54) is 24.8 Å². The molecule has 1 fully saturated rings. The van der Waals surface area contributed by atoms with E-state index in [9.17, 15) is 0 Å². The number of hydrogen-bond acceptors (Lipinski definition) is 2. The monoisotopic (exact) mass is 300 g/mol. The van der Waals surface area contributed by atoms with Gasteiger partial charge in [-0.1, -0.05) is 36.5 Å². The molecule has 0 aliphatic carbocycles. The number of nitrogens with zero attached hydrogens (tertiary/aromatic N) is 1. The van der Waals surface area contributed by atoms with Crippen LogP contribution in [0.3, 0.4) is 0 Å². The quantitative estimate of drug-likeness (QED) is 0.855. The van der Waals surface area contributed by atoms with Crippen LogP contribution in [-0.2, 0) is 6.54 Å². The summed E-state index contributed by atoms with van der Waals surface area (Å²) in [5, 5.41) is 4.89. The molecule has 1 aromatic rings. The zero-order valence-electron chi connectivity index (χ0n) is 11.5. The highest BCUT2D eigenvalue weighted by Crippen LogP contribution is 2.22. The van der Waals surface area contributed by atoms with Gasteiger partial charge < -0.3 is 5.32 Å². The average Bonchev–Trinajstić information content (AvgIpc) is 2.87. The summed E-state index contributed by atoms with van der Waals surface area (Å²) in [5.41, 5.74) is 1.21. The lowest BCUT2D eigenvalue weighted by atomic mass is 10.1. The van der Waals surface area contributed by atoms with Crippen LogP contribution < -0.4 is 5.32 Å². The van der Waals surface area contributed by atoms with Crippen LogP contribution in [-0.4, -0.2) is 30.6 Å². The van der Waals surface area contributed by atoms with E-state index < -0.39 is 0 Å². The molecular weight excluding hydrogens is 279 g/mol. The van der Waals surface area contributed by atoms with Gasteiger partial charge in [-0.2, -0.15) is 0 Å². The Bertz CT molecular complexity index is 383. The second kappa shape index (κ2) is 7.49. The Labute approximate surface area is 126 Å². The van der Waals surface area contributed by atoms with Crippen LogP contribution in [0.25, 0.3) is 0 Å². The minimum atomic E-state index is 0.643. The van der Waals surface area contributed by atoms with Gasteiger partial charge in [0.1, 0.15) is 0 Å². The first kappa shape index (κ1) is 15.1. The lowest BCUT2D eigenvalue weighted by molar-refractivity contribution is 0.196. The van der Waals surface area contributed by atoms with Gasteiger partial charge in [0.05, 0.1) is 0 Å². The van der Waals surface area contributed by atoms with Crippen molar-refractivity contribution in [1.82, 2.24) is 10.2 Å². The van der Waals surface area contributed by atoms with Crippen molar-refractivity contribution in [1.29, 1.82) is 0 Å². The Morgan fingerprint density at radius 1 is 1.26 bits per heavy atom. The van der Waals surface area contributed by atoms with Gasteiger partial charge in [0, 0.05) is 29.2 Å². The lowest BCUT2D eigenvalue weighted by Gasteiger charge is -2.28. The fourth-order valence-corrected chi connectivity index (χ4v) is 3.21. The molecular formula is C15H22Cl2N2. The minimum Gasteiger partial charge on any atom is -0.315 e. The molecule has 4 heteroatoms. The number of rotatable bonds is 6. The van der Waals surface area contributed by atoms with Gasteiger partial charge in [0.2, 0.25) is 0 Å². The van der Waals surface area contributed by atoms with E-state index >= 15 is 0 Å². The summed E-state index contributed by atoms with van der Waals surface area (Å²) < 4.78 is 0. The molecule has 0 aromatic heterocycles. The maximum absolute atomic E-state index is 6.08. The molecule has 0 spiro atoms. The Kier molecular flexibility index (Phi) is 5.96. The number of hydrogen-bond donors (Lipinski definition) is 1. The molecule has 0 saturated carbocycles. The van der Waals surface area contributed by atoms with Crippen LogP contribution in [0.5, 0.6) is 0 Å². The van der Waals surface area contributed by atoms with E-state index in [4.69, 9.17) is 23.2 Å². The Morgan fingerprint density at radius 2 is 2.00 bits per heavy atom. The summed E-state index contributed by atoms with van der Waals surface area (Å²) >= 11 is 12.2. The van der Waals surface area contributed by atoms with Crippen molar-refractivity contribution in [3.63, 3.8) is 0 Å². The summed E-state index contributed by atoms with van der Waals surface area (Å²) in [7, 11) is 0. The third kappa shape index (κ3) is 4.64. The fourth-order valence-electron chi connectivity index (χ4n) is 2.64. The first-order valence-electron chi connectivity index (χ1n) is 7.08. The van der Waals surface area contributed by atoms with E-state index in [1.807, 2.05) is 12.1 Å². The summed E-state index contributed by atoms with van der Waals surface area (Å²) in [6, 6.07) is 6.48. The maximum atomic E-state index is 6.08. The molecule has 2 rings (SSSR count). The molecule has 2 nitrogen and oxygen atoms in total. The molecule has 1 saturated heterocycles. The maximum Gasteiger partial charge on any atom is 0.0424 e. The van der Waals surface area contributed by atoms with Crippen molar-refractivity contribution in [3.05, 3.63) is 33.8 Å². The molecule has 0 amide bonds. The second-order valence-corrected chi connectivity index (χ2v) is 6.12. The first-order valence-corrected chi connectivity index (χ1v) is 7.84. The molecule has 1 atom stereocenters. The highest BCUT2D eigenvalue weighted by Gasteiger charge is 2.22. The molecule has 0 radical (unpaired) electrons. The molecule has 0 unspecified atom stereocenters. The van der Waals surface area contributed by atoms with Crippen LogP contribution in [0, 0.1) is 0 Å². The minimum absolute atomic E-state index is 0.643. The Morgan fingerprint density at radius 3 is 2.58 bits per heavy atom. The fraction of sp³-hybridized carbons (Fsp3) is 0.600. The summed E-state index contributed by atoms with van der Waals surface area (Å²) in [6.07, 6.45) is 3.70. The van der Waals surface area contributed by atoms with Gasteiger partial charge in [-0.25, -0.2) is 0 Å². The Balaban J connectivity index is 2.05. The summed E-state index contributed by atoms with van der Waals surface area (Å²) in [4.78, 5) is 2.56. The molecule has 1 aliphatic heterocycles. The molecule has 19 heavy (non-hydrogen) atoms. The third-order valence-corrected chi connectivity index (χ3v) is 4.09. The van der Waals surface area contributed by atoms with E-state index in [2.05, 4.69) is 17.1 Å². The van der Waals surface area contributed by atoms with Gasteiger partial charge in [-0.05, 0) is 49.7 Å². The van der Waals surface area contributed by atoms with E-state index in [0.29, 0.717) is 6.04 Å². The largest absolute Gasteiger partial charge is 0.315 e. The molecule has 1 N–H and O–H groups in total. The van der Waals surface area contributed by atoms with Gasteiger partial charge in [0.15, 0.2) is 0 Å². The van der Waals surface area contributed by atoms with Crippen molar-refractivity contribution in [2.75, 3.05) is 19.6 Å². The van der Waals surface area contributed by atoms with Crippen molar-refractivity contribution in [3.8, 4) is 0 Å². The van der Waals surface area contributed by atoms with Gasteiger partial charge in [-0.15, -0.1) is 0 Å². The second-order valence-electron chi connectivity index (χ2n) is 5.25. The topological polar surface area (TPSA) is 15.3 Å². The van der Waals surface area contributed by atoms with Crippen LogP contribution in [0.2, 0.25) is 10.0 Å². The van der Waals surface area contributed by atoms with Gasteiger partial charge >= 0.3 is 0 Å². The number of unbranched alkanes of at least 4 members (excludes halogenated alkanes) is 1. The van der Waals surface area contributed by atoms with Crippen LogP contribution >= 0.6 is 23.2 Å².